The molecule has 1 fully saturated rings. The van der Waals surface area contributed by atoms with Crippen molar-refractivity contribution >= 4 is 5.91 Å². The van der Waals surface area contributed by atoms with E-state index < -0.39 is 30.8 Å². The second-order valence-electron chi connectivity index (χ2n) is 5.43. The van der Waals surface area contributed by atoms with Crippen LogP contribution in [0.1, 0.15) is 12.8 Å². The first-order valence-corrected chi connectivity index (χ1v) is 7.37. The minimum atomic E-state index is -1.52. The molecule has 1 amide bonds. The molecule has 1 saturated heterocycles. The molecule has 2 aliphatic heterocycles. The minimum absolute atomic E-state index is 0.0827. The van der Waals surface area contributed by atoms with Crippen LogP contribution in [0.5, 0.6) is 0 Å². The van der Waals surface area contributed by atoms with Gasteiger partial charge in [-0.2, -0.15) is 0 Å². The molecule has 0 aliphatic carbocycles. The van der Waals surface area contributed by atoms with Gasteiger partial charge in [0, 0.05) is 6.20 Å². The van der Waals surface area contributed by atoms with Crippen molar-refractivity contribution in [2.75, 3.05) is 13.7 Å². The minimum Gasteiger partial charge on any atom is -0.392 e. The molecular formula is C16H22N2O5. The fourth-order valence-electron chi connectivity index (χ4n) is 2.61. The van der Waals surface area contributed by atoms with Gasteiger partial charge in [-0.15, -0.1) is 12.3 Å². The van der Waals surface area contributed by atoms with Gasteiger partial charge in [0.25, 0.3) is 0 Å². The van der Waals surface area contributed by atoms with Crippen LogP contribution >= 0.6 is 0 Å². The van der Waals surface area contributed by atoms with Gasteiger partial charge in [0.05, 0.1) is 13.0 Å². The predicted molar refractivity (Wildman–Crippen MR) is 82.8 cm³/mol. The number of aliphatic hydroxyl groups is 3. The number of ether oxygens (including phenoxy) is 1. The van der Waals surface area contributed by atoms with Gasteiger partial charge in [0.1, 0.15) is 12.2 Å². The molecule has 126 valence electrons. The summed E-state index contributed by atoms with van der Waals surface area (Å²) in [6, 6.07) is 0. The topological polar surface area (TPSA) is 102 Å². The van der Waals surface area contributed by atoms with E-state index in [1.807, 2.05) is 0 Å². The molecule has 2 aliphatic rings. The molecule has 7 nitrogen and oxygen atoms in total. The number of carbonyl (C=O) groups excluding carboxylic acids is 1. The lowest BCUT2D eigenvalue weighted by Crippen LogP contribution is -2.55. The Morgan fingerprint density at radius 3 is 2.91 bits per heavy atom. The number of nitrogens with zero attached hydrogens (tertiary/aromatic N) is 1. The van der Waals surface area contributed by atoms with E-state index in [0.29, 0.717) is 6.42 Å². The van der Waals surface area contributed by atoms with E-state index in [1.54, 1.807) is 18.2 Å². The van der Waals surface area contributed by atoms with E-state index in [4.69, 9.17) is 4.74 Å². The SMILES string of the molecule is C=CCC1=C=CCC(=O)N([C@@H]2OC(CO)(NC)[C@H](O)[C@@H]2O)/C=C\1. The van der Waals surface area contributed by atoms with Crippen LogP contribution in [0, 0.1) is 0 Å². The number of carbonyl (C=O) groups is 1. The lowest BCUT2D eigenvalue weighted by molar-refractivity contribution is -0.166. The summed E-state index contributed by atoms with van der Waals surface area (Å²) in [6.07, 6.45) is 3.31. The molecule has 0 aromatic heterocycles. The maximum atomic E-state index is 12.3. The molecule has 23 heavy (non-hydrogen) atoms. The second kappa shape index (κ2) is 7.23. The Bertz CT molecular complexity index is 561. The third-order valence-electron chi connectivity index (χ3n) is 4.01. The molecule has 4 atom stereocenters. The van der Waals surface area contributed by atoms with E-state index in [-0.39, 0.29) is 12.3 Å². The fourth-order valence-corrected chi connectivity index (χ4v) is 2.61. The number of likely N-dealkylation sites (N-methyl/N-ethyl adjacent to an activating group) is 1. The average molecular weight is 322 g/mol. The van der Waals surface area contributed by atoms with Gasteiger partial charge in [-0.05, 0) is 31.2 Å². The Kier molecular flexibility index (Phi) is 5.54. The summed E-state index contributed by atoms with van der Waals surface area (Å²) in [5.74, 6) is -0.313. The number of nitrogens with one attached hydrogen (secondary N) is 1. The molecule has 0 saturated carbocycles. The first-order valence-electron chi connectivity index (χ1n) is 7.37. The lowest BCUT2D eigenvalue weighted by atomic mass is 10.0. The van der Waals surface area contributed by atoms with Crippen molar-refractivity contribution in [3.63, 3.8) is 0 Å². The Morgan fingerprint density at radius 1 is 1.61 bits per heavy atom. The number of allylic oxidation sites excluding steroid dienone is 2. The van der Waals surface area contributed by atoms with Gasteiger partial charge < -0.3 is 20.1 Å². The van der Waals surface area contributed by atoms with Crippen LogP contribution in [0.2, 0.25) is 0 Å². The third kappa shape index (κ3) is 3.30. The van der Waals surface area contributed by atoms with E-state index in [9.17, 15) is 20.1 Å². The largest absolute Gasteiger partial charge is 0.392 e. The van der Waals surface area contributed by atoms with Gasteiger partial charge in [-0.25, -0.2) is 0 Å². The molecule has 2 heterocycles. The van der Waals surface area contributed by atoms with E-state index >= 15 is 0 Å². The molecule has 0 aromatic rings. The molecule has 0 bridgehead atoms. The second-order valence-corrected chi connectivity index (χ2v) is 5.43. The van der Waals surface area contributed by atoms with Gasteiger partial charge >= 0.3 is 0 Å². The van der Waals surface area contributed by atoms with Crippen LogP contribution in [0.15, 0.2) is 42.3 Å². The first kappa shape index (κ1) is 17.6. The highest BCUT2D eigenvalue weighted by molar-refractivity contribution is 5.79. The van der Waals surface area contributed by atoms with Crippen molar-refractivity contribution in [2.24, 2.45) is 0 Å². The molecule has 0 aromatic carbocycles. The summed E-state index contributed by atoms with van der Waals surface area (Å²) < 4.78 is 5.60. The normalized spacial score (nSPS) is 35.7. The molecule has 0 spiro atoms. The zero-order chi connectivity index (χ0) is 17.0. The Morgan fingerprint density at radius 2 is 2.35 bits per heavy atom. The summed E-state index contributed by atoms with van der Waals surface area (Å²) in [5.41, 5.74) is 2.31. The summed E-state index contributed by atoms with van der Waals surface area (Å²) >= 11 is 0. The van der Waals surface area contributed by atoms with E-state index in [2.05, 4.69) is 17.6 Å². The van der Waals surface area contributed by atoms with Gasteiger partial charge in [0.2, 0.25) is 5.91 Å². The monoisotopic (exact) mass is 322 g/mol. The smallest absolute Gasteiger partial charge is 0.233 e. The molecule has 0 radical (unpaired) electrons. The first-order chi connectivity index (χ1) is 11.0. The summed E-state index contributed by atoms with van der Waals surface area (Å²) in [6.45, 7) is 3.11. The standard InChI is InChI=1S/C16H22N2O5/c1-3-5-11-6-4-7-12(20)18(9-8-11)15-13(21)14(22)16(10-19,17-2)23-15/h3-4,8-9,13-15,17,19,21-22H,1,5,7,10H2,2H3/b9-8-/t6?,13-,14+,15+,16?/m0/s1. The molecule has 1 unspecified atom stereocenters. The van der Waals surface area contributed by atoms with Crippen LogP contribution in [-0.2, 0) is 9.53 Å². The third-order valence-corrected chi connectivity index (χ3v) is 4.01. The zero-order valence-corrected chi connectivity index (χ0v) is 13.0. The van der Waals surface area contributed by atoms with Crippen molar-refractivity contribution in [3.05, 3.63) is 42.3 Å². The quantitative estimate of drug-likeness (QED) is 0.397. The van der Waals surface area contributed by atoms with Crippen molar-refractivity contribution in [2.45, 2.75) is 37.0 Å². The van der Waals surface area contributed by atoms with E-state index in [1.165, 1.54) is 18.1 Å². The van der Waals surface area contributed by atoms with Gasteiger partial charge in [-0.3, -0.25) is 15.0 Å². The average Bonchev–Trinajstić information content (AvgIpc) is 2.79. The fraction of sp³-hybridized carbons (Fsp3) is 0.500. The Balaban J connectivity index is 2.28. The highest BCUT2D eigenvalue weighted by atomic mass is 16.6. The van der Waals surface area contributed by atoms with Crippen LogP contribution in [0.3, 0.4) is 0 Å². The zero-order valence-electron chi connectivity index (χ0n) is 13.0. The van der Waals surface area contributed by atoms with Crippen molar-refractivity contribution < 1.29 is 24.9 Å². The Hall–Kier alpha value is -1.73. The summed E-state index contributed by atoms with van der Waals surface area (Å²) in [5, 5.41) is 32.6. The highest BCUT2D eigenvalue weighted by Gasteiger charge is 2.55. The van der Waals surface area contributed by atoms with Gasteiger partial charge in [0.15, 0.2) is 12.0 Å². The molecule has 2 rings (SSSR count). The Labute approximate surface area is 134 Å². The van der Waals surface area contributed by atoms with Crippen molar-refractivity contribution in [3.8, 4) is 0 Å². The number of amides is 1. The number of hydrogen-bond donors (Lipinski definition) is 4. The van der Waals surface area contributed by atoms with Gasteiger partial charge in [-0.1, -0.05) is 6.08 Å². The van der Waals surface area contributed by atoms with Crippen LogP contribution in [0.4, 0.5) is 0 Å². The summed E-state index contributed by atoms with van der Waals surface area (Å²) in [4.78, 5) is 13.5. The van der Waals surface area contributed by atoms with Crippen molar-refractivity contribution in [1.29, 1.82) is 0 Å². The number of aliphatic hydroxyl groups excluding tert-OH is 3. The lowest BCUT2D eigenvalue weighted by Gasteiger charge is -2.31. The molecule has 7 heteroatoms. The van der Waals surface area contributed by atoms with E-state index in [0.717, 1.165) is 5.57 Å². The maximum Gasteiger partial charge on any atom is 0.233 e. The van der Waals surface area contributed by atoms with Crippen molar-refractivity contribution in [1.82, 2.24) is 10.2 Å². The molecule has 4 N–H and O–H groups in total. The van der Waals surface area contributed by atoms with Crippen LogP contribution in [0.25, 0.3) is 0 Å². The number of rotatable bonds is 5. The van der Waals surface area contributed by atoms with Crippen LogP contribution < -0.4 is 5.32 Å². The molecular weight excluding hydrogens is 300 g/mol. The highest BCUT2D eigenvalue weighted by Crippen LogP contribution is 2.31. The summed E-state index contributed by atoms with van der Waals surface area (Å²) in [7, 11) is 1.49. The maximum absolute atomic E-state index is 12.3. The number of hydrogen-bond acceptors (Lipinski definition) is 6. The predicted octanol–water partition coefficient (Wildman–Crippen LogP) is -0.624. The van der Waals surface area contributed by atoms with Crippen LogP contribution in [-0.4, -0.2) is 63.9 Å².